The molecule has 0 aliphatic heterocycles. The van der Waals surface area contributed by atoms with Crippen LogP contribution in [0.2, 0.25) is 0 Å². The van der Waals surface area contributed by atoms with Crippen LogP contribution in [0.1, 0.15) is 348 Å². The first kappa shape index (κ1) is 70.1. The molecule has 3 N–H and O–H groups in total. The van der Waals surface area contributed by atoms with Crippen molar-refractivity contribution in [3.05, 3.63) is 36.5 Å². The van der Waals surface area contributed by atoms with Gasteiger partial charge in [0.15, 0.2) is 0 Å². The minimum Gasteiger partial charge on any atom is -0.466 e. The van der Waals surface area contributed by atoms with E-state index >= 15 is 0 Å². The highest BCUT2D eigenvalue weighted by molar-refractivity contribution is 5.76. The molecule has 0 aromatic heterocycles. The van der Waals surface area contributed by atoms with E-state index in [-0.39, 0.29) is 18.5 Å². The normalized spacial score (nSPS) is 12.8. The fourth-order valence-corrected chi connectivity index (χ4v) is 9.98. The van der Waals surface area contributed by atoms with Crippen molar-refractivity contribution in [2.75, 3.05) is 13.2 Å². The summed E-state index contributed by atoms with van der Waals surface area (Å²) in [4.78, 5) is 24.6. The Bertz CT molecular complexity index is 1170. The number of allylic oxidation sites excluding steroid dienone is 6. The van der Waals surface area contributed by atoms with Gasteiger partial charge in [-0.2, -0.15) is 0 Å². The van der Waals surface area contributed by atoms with Crippen molar-refractivity contribution >= 4 is 11.9 Å². The smallest absolute Gasteiger partial charge is 0.305 e. The number of unbranched alkanes of at least 4 members (excludes halogenated alkanes) is 44. The molecule has 0 aromatic rings. The Hall–Kier alpha value is -1.92. The molecule has 0 bridgehead atoms. The summed E-state index contributed by atoms with van der Waals surface area (Å²) in [5, 5.41) is 23.4. The van der Waals surface area contributed by atoms with Gasteiger partial charge < -0.3 is 20.3 Å². The molecule has 424 valence electrons. The summed E-state index contributed by atoms with van der Waals surface area (Å²) in [5.41, 5.74) is 0. The summed E-state index contributed by atoms with van der Waals surface area (Å²) < 4.78 is 5.47. The maximum absolute atomic E-state index is 12.5. The van der Waals surface area contributed by atoms with Crippen molar-refractivity contribution in [2.45, 2.75) is 360 Å². The van der Waals surface area contributed by atoms with Gasteiger partial charge in [-0.25, -0.2) is 0 Å². The predicted octanol–water partition coefficient (Wildman–Crippen LogP) is 20.4. The molecule has 6 heteroatoms. The molecule has 6 nitrogen and oxygen atoms in total. The van der Waals surface area contributed by atoms with Gasteiger partial charge >= 0.3 is 5.97 Å². The summed E-state index contributed by atoms with van der Waals surface area (Å²) in [6.07, 6.45) is 77.3. The molecule has 1 amide bonds. The van der Waals surface area contributed by atoms with E-state index in [0.717, 1.165) is 70.6 Å². The Morgan fingerprint density at radius 2 is 0.694 bits per heavy atom. The first-order valence-electron chi connectivity index (χ1n) is 32.3. The van der Waals surface area contributed by atoms with Gasteiger partial charge in [0.1, 0.15) is 0 Å². The van der Waals surface area contributed by atoms with Gasteiger partial charge in [-0.3, -0.25) is 9.59 Å². The number of esters is 1. The van der Waals surface area contributed by atoms with Gasteiger partial charge in [0.05, 0.1) is 25.4 Å². The molecular weight excluding hydrogens is 887 g/mol. The zero-order valence-corrected chi connectivity index (χ0v) is 48.4. The first-order valence-corrected chi connectivity index (χ1v) is 32.3. The molecule has 0 fully saturated rings. The van der Waals surface area contributed by atoms with Crippen molar-refractivity contribution in [2.24, 2.45) is 0 Å². The lowest BCUT2D eigenvalue weighted by molar-refractivity contribution is -0.143. The summed E-state index contributed by atoms with van der Waals surface area (Å²) in [7, 11) is 0. The van der Waals surface area contributed by atoms with Gasteiger partial charge in [0, 0.05) is 12.8 Å². The molecule has 0 aliphatic rings. The van der Waals surface area contributed by atoms with Gasteiger partial charge in [0.25, 0.3) is 0 Å². The fraction of sp³-hybridized carbons (Fsp3) is 0.879. The number of amides is 1. The van der Waals surface area contributed by atoms with Crippen molar-refractivity contribution in [1.82, 2.24) is 5.32 Å². The van der Waals surface area contributed by atoms with Crippen molar-refractivity contribution in [3.63, 3.8) is 0 Å². The molecule has 0 heterocycles. The highest BCUT2D eigenvalue weighted by Crippen LogP contribution is 2.18. The second kappa shape index (κ2) is 61.6. The van der Waals surface area contributed by atoms with Crippen LogP contribution in [0.15, 0.2) is 36.5 Å². The molecule has 0 saturated carbocycles. The van der Waals surface area contributed by atoms with E-state index in [1.165, 1.54) is 244 Å². The number of carbonyl (C=O) groups excluding carboxylic acids is 2. The van der Waals surface area contributed by atoms with Gasteiger partial charge in [-0.1, -0.05) is 288 Å². The third-order valence-corrected chi connectivity index (χ3v) is 14.9. The molecular formula is C66H125NO5. The molecule has 0 aliphatic carbocycles. The number of aliphatic hydroxyl groups is 2. The molecule has 72 heavy (non-hydrogen) atoms. The lowest BCUT2D eigenvalue weighted by atomic mass is 10.0. The first-order chi connectivity index (χ1) is 35.5. The van der Waals surface area contributed by atoms with Crippen LogP contribution >= 0.6 is 0 Å². The number of nitrogens with one attached hydrogen (secondary N) is 1. The average molecular weight is 1010 g/mol. The third-order valence-electron chi connectivity index (χ3n) is 14.9. The van der Waals surface area contributed by atoms with Crippen LogP contribution in [0, 0.1) is 0 Å². The lowest BCUT2D eigenvalue weighted by Gasteiger charge is -2.22. The monoisotopic (exact) mass is 1010 g/mol. The fourth-order valence-electron chi connectivity index (χ4n) is 9.98. The Morgan fingerprint density at radius 1 is 0.389 bits per heavy atom. The van der Waals surface area contributed by atoms with E-state index in [1.807, 2.05) is 0 Å². The Balaban J connectivity index is 3.47. The van der Waals surface area contributed by atoms with Crippen molar-refractivity contribution in [1.29, 1.82) is 0 Å². The highest BCUT2D eigenvalue weighted by Gasteiger charge is 2.20. The van der Waals surface area contributed by atoms with Gasteiger partial charge in [-0.15, -0.1) is 0 Å². The van der Waals surface area contributed by atoms with Crippen LogP contribution in [0.3, 0.4) is 0 Å². The molecule has 0 spiro atoms. The number of carbonyl (C=O) groups is 2. The van der Waals surface area contributed by atoms with E-state index in [4.69, 9.17) is 4.74 Å². The number of ether oxygens (including phenoxy) is 1. The Labute approximate surface area is 449 Å². The quantitative estimate of drug-likeness (QED) is 0.0244. The maximum Gasteiger partial charge on any atom is 0.305 e. The minimum absolute atomic E-state index is 0.0162. The lowest BCUT2D eigenvalue weighted by Crippen LogP contribution is -2.45. The Morgan fingerprint density at radius 3 is 1.07 bits per heavy atom. The Kier molecular flexibility index (Phi) is 60.0. The summed E-state index contributed by atoms with van der Waals surface area (Å²) >= 11 is 0. The van der Waals surface area contributed by atoms with E-state index < -0.39 is 12.1 Å². The maximum atomic E-state index is 12.5. The number of hydrogen-bond acceptors (Lipinski definition) is 5. The van der Waals surface area contributed by atoms with Crippen LogP contribution < -0.4 is 5.32 Å². The SMILES string of the molecule is CCCCCCCC/C=C\CCCCCCCCCC(=O)OCCCCC/C=C\C=C/CCCCCCCCCCCCC(=O)NC(CO)C(O)CCCCCCCCCCCCCCCCCCCCC. The summed E-state index contributed by atoms with van der Waals surface area (Å²) in [5.74, 6) is -0.0586. The van der Waals surface area contributed by atoms with Gasteiger partial charge in [0.2, 0.25) is 5.91 Å². The van der Waals surface area contributed by atoms with Crippen LogP contribution in [0.25, 0.3) is 0 Å². The van der Waals surface area contributed by atoms with Crippen LogP contribution in [0.4, 0.5) is 0 Å². The second-order valence-corrected chi connectivity index (χ2v) is 22.1. The predicted molar refractivity (Wildman–Crippen MR) is 315 cm³/mol. The van der Waals surface area contributed by atoms with Crippen LogP contribution in [-0.4, -0.2) is 47.4 Å². The summed E-state index contributed by atoms with van der Waals surface area (Å²) in [6.45, 7) is 4.93. The molecule has 2 unspecified atom stereocenters. The zero-order valence-electron chi connectivity index (χ0n) is 48.4. The van der Waals surface area contributed by atoms with Crippen molar-refractivity contribution < 1.29 is 24.5 Å². The van der Waals surface area contributed by atoms with E-state index in [2.05, 4.69) is 55.6 Å². The average Bonchev–Trinajstić information content (AvgIpc) is 3.38. The number of hydrogen-bond donors (Lipinski definition) is 3. The largest absolute Gasteiger partial charge is 0.466 e. The minimum atomic E-state index is -0.672. The molecule has 0 rings (SSSR count). The third kappa shape index (κ3) is 57.4. The standard InChI is InChI=1S/C66H125NO5/c1-3-5-7-9-11-13-15-17-19-21-23-27-30-34-38-42-46-50-54-58-64(69)63(62-68)67-65(70)59-55-51-47-43-39-35-31-28-24-22-25-29-33-37-41-45-49-53-57-61-72-66(71)60-56-52-48-44-40-36-32-26-20-18-16-14-12-10-8-6-4-2/h18,20,29,33,37,41,63-64,68-69H,3-17,19,21-28,30-32,34-36,38-40,42-62H2,1-2H3,(H,67,70)/b20-18-,33-29-,41-37-. The molecule has 0 aromatic carbocycles. The summed E-state index contributed by atoms with van der Waals surface area (Å²) in [6, 6.07) is -0.550. The zero-order chi connectivity index (χ0) is 52.2. The topological polar surface area (TPSA) is 95.9 Å². The molecule has 2 atom stereocenters. The van der Waals surface area contributed by atoms with E-state index in [9.17, 15) is 19.8 Å². The van der Waals surface area contributed by atoms with Gasteiger partial charge in [-0.05, 0) is 83.5 Å². The number of aliphatic hydroxyl groups excluding tert-OH is 2. The van der Waals surface area contributed by atoms with E-state index in [0.29, 0.717) is 25.9 Å². The highest BCUT2D eigenvalue weighted by atomic mass is 16.5. The number of rotatable bonds is 60. The molecule has 0 saturated heterocycles. The van der Waals surface area contributed by atoms with Crippen LogP contribution in [-0.2, 0) is 14.3 Å². The van der Waals surface area contributed by atoms with Crippen LogP contribution in [0.5, 0.6) is 0 Å². The van der Waals surface area contributed by atoms with E-state index in [1.54, 1.807) is 0 Å². The van der Waals surface area contributed by atoms with Crippen molar-refractivity contribution in [3.8, 4) is 0 Å². The molecule has 0 radical (unpaired) electrons. The second-order valence-electron chi connectivity index (χ2n) is 22.1.